The van der Waals surface area contributed by atoms with Crippen molar-refractivity contribution in [3.05, 3.63) is 18.7 Å². The van der Waals surface area contributed by atoms with Crippen LogP contribution in [0.1, 0.15) is 0 Å². The quantitative estimate of drug-likeness (QED) is 0.614. The topological polar surface area (TPSA) is 17.8 Å². The van der Waals surface area contributed by atoms with Gasteiger partial charge in [0, 0.05) is 0 Å². The van der Waals surface area contributed by atoms with Crippen LogP contribution in [0.15, 0.2) is 18.7 Å². The average molecular weight is 268 g/mol. The van der Waals surface area contributed by atoms with E-state index in [-0.39, 0.29) is 0 Å². The molecule has 1 aromatic rings. The summed E-state index contributed by atoms with van der Waals surface area (Å²) in [5.74, 6) is 0. The van der Waals surface area contributed by atoms with Crippen molar-refractivity contribution in [1.82, 2.24) is 7.32 Å². The number of rotatable bonds is 0. The molecule has 0 N–H and O–H groups in total. The predicted molar refractivity (Wildman–Crippen MR) is 17.6 cm³/mol. The molecule has 0 aliphatic heterocycles. The van der Waals surface area contributed by atoms with E-state index in [9.17, 15) is 0 Å². The van der Waals surface area contributed by atoms with Crippen LogP contribution in [0.5, 0.6) is 0 Å². The van der Waals surface area contributed by atoms with Gasteiger partial charge in [0.25, 0.3) is 0 Å². The van der Waals surface area contributed by atoms with E-state index >= 15 is 0 Å². The Balaban J connectivity index is 3.05. The molecule has 0 aromatic carbocycles. The predicted octanol–water partition coefficient (Wildman–Crippen LogP) is 0.193. The Labute approximate surface area is 52.6 Å². The van der Waals surface area contributed by atoms with Gasteiger partial charge in [0.15, 0.2) is 0 Å². The number of hydrogen-bond acceptors (Lipinski definition) is 1. The fourth-order valence-electron chi connectivity index (χ4n) is 0.287. The molecule has 2 nitrogen and oxygen atoms in total. The zero-order valence-electron chi connectivity index (χ0n) is 3.33. The molecule has 1 rings (SSSR count). The summed E-state index contributed by atoms with van der Waals surface area (Å²) < 4.78 is 2.08. The molecular weight excluding hydrogens is 265 g/mol. The fraction of sp³-hybridized carbons (Fsp3) is 0. The molecule has 0 spiro atoms. The van der Waals surface area contributed by atoms with E-state index < -0.39 is 0 Å². The molecule has 6 heavy (non-hydrogen) atoms. The van der Waals surface area contributed by atoms with E-state index in [1.807, 2.05) is 12.5 Å². The molecule has 1 heterocycles. The zero-order valence-corrected chi connectivity index (χ0v) is 8.83. The number of hydrogen-bond donors (Lipinski definition) is 0. The van der Waals surface area contributed by atoms with Gasteiger partial charge in [-0.05, 0) is 0 Å². The molecule has 27 valence electrons. The molecule has 1 aromatic heterocycles. The van der Waals surface area contributed by atoms with Crippen molar-refractivity contribution in [3.63, 3.8) is 0 Å². The van der Waals surface area contributed by atoms with Crippen molar-refractivity contribution >= 4 is 0 Å². The molecule has 3 heteroatoms. The van der Waals surface area contributed by atoms with Crippen LogP contribution in [0.25, 0.3) is 0 Å². The first-order valence-corrected chi connectivity index (χ1v) is 4.14. The van der Waals surface area contributed by atoms with Crippen molar-refractivity contribution in [3.8, 4) is 0 Å². The zero-order chi connectivity index (χ0) is 4.41. The van der Waals surface area contributed by atoms with Crippen molar-refractivity contribution in [2.24, 2.45) is 0 Å². The summed E-state index contributed by atoms with van der Waals surface area (Å²) in [5, 5.41) is 0. The van der Waals surface area contributed by atoms with Crippen molar-refractivity contribution < 1.29 is 26.4 Å². The van der Waals surface area contributed by atoms with Crippen molar-refractivity contribution in [2.45, 2.75) is 0 Å². The van der Waals surface area contributed by atoms with Gasteiger partial charge in [-0.3, -0.25) is 0 Å². The SMILES string of the molecule is [Hg][n]1ccnc1. The molecule has 0 aliphatic rings. The van der Waals surface area contributed by atoms with Gasteiger partial charge in [0.05, 0.1) is 0 Å². The van der Waals surface area contributed by atoms with Gasteiger partial charge in [0.1, 0.15) is 0 Å². The van der Waals surface area contributed by atoms with Crippen molar-refractivity contribution in [2.75, 3.05) is 0 Å². The third kappa shape index (κ3) is 0.803. The van der Waals surface area contributed by atoms with Crippen LogP contribution in [0.3, 0.4) is 0 Å². The van der Waals surface area contributed by atoms with Crippen LogP contribution in [0.2, 0.25) is 0 Å². The molecule has 0 saturated heterocycles. The van der Waals surface area contributed by atoms with E-state index in [1.165, 1.54) is 0 Å². The Bertz CT molecular complexity index is 112. The van der Waals surface area contributed by atoms with Gasteiger partial charge >= 0.3 is 52.5 Å². The van der Waals surface area contributed by atoms with Gasteiger partial charge in [-0.2, -0.15) is 0 Å². The molecule has 0 aliphatic carbocycles. The third-order valence-corrected chi connectivity index (χ3v) is 2.01. The van der Waals surface area contributed by atoms with E-state index in [1.54, 1.807) is 6.20 Å². The number of nitrogens with zero attached hydrogens (tertiary/aromatic N) is 2. The fourth-order valence-corrected chi connectivity index (χ4v) is 1.02. The van der Waals surface area contributed by atoms with E-state index in [0.29, 0.717) is 26.4 Å². The molecule has 0 fully saturated rings. The Kier molecular flexibility index (Phi) is 1.24. The molecule has 0 amide bonds. The van der Waals surface area contributed by atoms with Crippen LogP contribution in [-0.2, 0) is 26.4 Å². The Morgan fingerprint density at radius 1 is 1.67 bits per heavy atom. The first-order chi connectivity index (χ1) is 2.89. The maximum absolute atomic E-state index is 3.83. The first-order valence-electron chi connectivity index (χ1n) is 1.68. The second-order valence-electron chi connectivity index (χ2n) is 1.08. The van der Waals surface area contributed by atoms with Gasteiger partial charge in [-0.15, -0.1) is 0 Å². The molecular formula is C3H3HgN2. The monoisotopic (exact) mass is 269 g/mol. The van der Waals surface area contributed by atoms with Crippen molar-refractivity contribution in [1.29, 1.82) is 0 Å². The molecule has 0 radical (unpaired) electrons. The number of aromatic nitrogens is 2. The van der Waals surface area contributed by atoms with Gasteiger partial charge in [-0.25, -0.2) is 0 Å². The summed E-state index contributed by atoms with van der Waals surface area (Å²) in [4.78, 5) is 3.83. The first kappa shape index (κ1) is 4.31. The van der Waals surface area contributed by atoms with Crippen LogP contribution < -0.4 is 0 Å². The van der Waals surface area contributed by atoms with Crippen LogP contribution in [0.4, 0.5) is 0 Å². The summed E-state index contributed by atoms with van der Waals surface area (Å²) in [6.45, 7) is 0. The third-order valence-electron chi connectivity index (χ3n) is 0.559. The van der Waals surface area contributed by atoms with Crippen LogP contribution >= 0.6 is 0 Å². The van der Waals surface area contributed by atoms with Gasteiger partial charge < -0.3 is 0 Å². The average Bonchev–Trinajstić information content (AvgIpc) is 1.86. The van der Waals surface area contributed by atoms with Crippen LogP contribution in [-0.4, -0.2) is 7.32 Å². The molecule has 0 saturated carbocycles. The van der Waals surface area contributed by atoms with Crippen LogP contribution in [0, 0.1) is 0 Å². The summed E-state index contributed by atoms with van der Waals surface area (Å²) in [6.07, 6.45) is 5.61. The summed E-state index contributed by atoms with van der Waals surface area (Å²) in [6, 6.07) is 0. The Hall–Kier alpha value is 0.145. The Morgan fingerprint density at radius 3 is 2.67 bits per heavy atom. The second-order valence-corrected chi connectivity index (χ2v) is 3.92. The summed E-state index contributed by atoms with van der Waals surface area (Å²) in [7, 11) is 0. The van der Waals surface area contributed by atoms with E-state index in [2.05, 4.69) is 7.32 Å². The summed E-state index contributed by atoms with van der Waals surface area (Å²) in [5.41, 5.74) is 0. The Morgan fingerprint density at radius 2 is 2.50 bits per heavy atom. The molecule has 0 unspecified atom stereocenters. The van der Waals surface area contributed by atoms with E-state index in [0.717, 1.165) is 0 Å². The second kappa shape index (κ2) is 1.73. The minimum absolute atomic E-state index is 0.695. The van der Waals surface area contributed by atoms with Gasteiger partial charge in [0.2, 0.25) is 0 Å². The van der Waals surface area contributed by atoms with Gasteiger partial charge in [-0.1, -0.05) is 0 Å². The molecule has 0 bridgehead atoms. The molecule has 0 atom stereocenters. The summed E-state index contributed by atoms with van der Waals surface area (Å²) >= 11 is 0.695. The minimum atomic E-state index is 0.695. The van der Waals surface area contributed by atoms with E-state index in [4.69, 9.17) is 0 Å². The normalized spacial score (nSPS) is 9.00. The number of imidazole rings is 1. The maximum atomic E-state index is 3.83. The standard InChI is InChI=1S/C3H3N2.Hg/c1-2-5-3-4-1;/h1-3H;/q-1;+1.